The summed E-state index contributed by atoms with van der Waals surface area (Å²) in [4.78, 5) is 2.78. The Labute approximate surface area is 107 Å². The van der Waals surface area contributed by atoms with Crippen LogP contribution < -0.4 is 5.73 Å². The van der Waals surface area contributed by atoms with Crippen LogP contribution in [0.3, 0.4) is 0 Å². The van der Waals surface area contributed by atoms with Crippen LogP contribution in [0.2, 0.25) is 0 Å². The molecule has 2 heteroatoms. The normalized spacial score (nSPS) is 48.5. The molecule has 2 rings (SSSR count). The van der Waals surface area contributed by atoms with E-state index in [0.717, 1.165) is 24.3 Å². The number of hydrogen-bond acceptors (Lipinski definition) is 2. The van der Waals surface area contributed by atoms with Crippen molar-refractivity contribution in [2.75, 3.05) is 13.1 Å². The molecule has 0 aromatic carbocycles. The minimum Gasteiger partial charge on any atom is -0.329 e. The highest BCUT2D eigenvalue weighted by atomic mass is 15.3. The minimum atomic E-state index is 0.308. The number of nitrogens with zero attached hydrogens (tertiary/aromatic N) is 1. The van der Waals surface area contributed by atoms with Gasteiger partial charge in [0.1, 0.15) is 0 Å². The monoisotopic (exact) mass is 238 g/mol. The Balaban J connectivity index is 2.23. The van der Waals surface area contributed by atoms with Gasteiger partial charge in [-0.2, -0.15) is 0 Å². The van der Waals surface area contributed by atoms with Crippen LogP contribution in [-0.2, 0) is 0 Å². The SMILES string of the molecule is CC1CC(C)C(C)N(C2(CN)CCCC2C)C1. The molecule has 2 nitrogen and oxygen atoms in total. The molecule has 17 heavy (non-hydrogen) atoms. The van der Waals surface area contributed by atoms with E-state index < -0.39 is 0 Å². The molecule has 5 unspecified atom stereocenters. The number of likely N-dealkylation sites (tertiary alicyclic amines) is 1. The fraction of sp³-hybridized carbons (Fsp3) is 1.00. The van der Waals surface area contributed by atoms with Crippen LogP contribution in [0.15, 0.2) is 0 Å². The van der Waals surface area contributed by atoms with Crippen molar-refractivity contribution in [1.29, 1.82) is 0 Å². The van der Waals surface area contributed by atoms with Crippen molar-refractivity contribution in [1.82, 2.24) is 4.90 Å². The molecule has 2 N–H and O–H groups in total. The predicted octanol–water partition coefficient (Wildman–Crippen LogP) is 2.87. The molecule has 0 bridgehead atoms. The predicted molar refractivity (Wildman–Crippen MR) is 73.9 cm³/mol. The van der Waals surface area contributed by atoms with Gasteiger partial charge in [-0.1, -0.05) is 27.2 Å². The summed E-state index contributed by atoms with van der Waals surface area (Å²) >= 11 is 0. The molecule has 2 aliphatic rings. The summed E-state index contributed by atoms with van der Waals surface area (Å²) in [5.41, 5.74) is 6.51. The summed E-state index contributed by atoms with van der Waals surface area (Å²) in [7, 11) is 0. The third-order valence-electron chi connectivity index (χ3n) is 5.69. The first kappa shape index (κ1) is 13.4. The largest absolute Gasteiger partial charge is 0.329 e. The molecule has 0 aromatic heterocycles. The van der Waals surface area contributed by atoms with E-state index in [-0.39, 0.29) is 0 Å². The van der Waals surface area contributed by atoms with Crippen LogP contribution in [0.1, 0.15) is 53.4 Å². The van der Waals surface area contributed by atoms with Crippen molar-refractivity contribution in [2.45, 2.75) is 65.0 Å². The maximum atomic E-state index is 6.20. The molecular weight excluding hydrogens is 208 g/mol. The maximum absolute atomic E-state index is 6.20. The maximum Gasteiger partial charge on any atom is 0.0360 e. The molecule has 1 saturated carbocycles. The van der Waals surface area contributed by atoms with Gasteiger partial charge in [-0.05, 0) is 43.9 Å². The Bertz CT molecular complexity index is 266. The van der Waals surface area contributed by atoms with Crippen LogP contribution in [0.4, 0.5) is 0 Å². The first-order valence-corrected chi connectivity index (χ1v) is 7.48. The van der Waals surface area contributed by atoms with Crippen LogP contribution in [0.25, 0.3) is 0 Å². The van der Waals surface area contributed by atoms with Crippen molar-refractivity contribution >= 4 is 0 Å². The molecule has 0 spiro atoms. The Morgan fingerprint density at radius 1 is 1.24 bits per heavy atom. The van der Waals surface area contributed by atoms with Gasteiger partial charge in [0.05, 0.1) is 0 Å². The number of rotatable bonds is 2. The zero-order chi connectivity index (χ0) is 12.6. The van der Waals surface area contributed by atoms with E-state index >= 15 is 0 Å². The first-order chi connectivity index (χ1) is 8.01. The van der Waals surface area contributed by atoms with Crippen molar-refractivity contribution < 1.29 is 0 Å². The van der Waals surface area contributed by atoms with Gasteiger partial charge < -0.3 is 5.73 Å². The van der Waals surface area contributed by atoms with Gasteiger partial charge in [0.15, 0.2) is 0 Å². The zero-order valence-corrected chi connectivity index (χ0v) is 12.1. The fourth-order valence-electron chi connectivity index (χ4n) is 4.38. The van der Waals surface area contributed by atoms with E-state index in [1.165, 1.54) is 32.2 Å². The summed E-state index contributed by atoms with van der Waals surface area (Å²) in [6.45, 7) is 11.7. The van der Waals surface area contributed by atoms with Crippen molar-refractivity contribution in [3.8, 4) is 0 Å². The quantitative estimate of drug-likeness (QED) is 0.801. The highest BCUT2D eigenvalue weighted by Gasteiger charge is 2.48. The smallest absolute Gasteiger partial charge is 0.0360 e. The van der Waals surface area contributed by atoms with E-state index in [1.54, 1.807) is 0 Å². The lowest BCUT2D eigenvalue weighted by Gasteiger charge is -2.53. The van der Waals surface area contributed by atoms with Crippen LogP contribution >= 0.6 is 0 Å². The van der Waals surface area contributed by atoms with E-state index in [4.69, 9.17) is 5.73 Å². The molecule has 0 amide bonds. The second-order valence-electron chi connectivity index (χ2n) is 6.81. The molecule has 0 aromatic rings. The number of nitrogens with two attached hydrogens (primary N) is 1. The Kier molecular flexibility index (Phi) is 3.84. The van der Waals surface area contributed by atoms with Gasteiger partial charge in [-0.3, -0.25) is 4.90 Å². The first-order valence-electron chi connectivity index (χ1n) is 7.48. The summed E-state index contributed by atoms with van der Waals surface area (Å²) in [5, 5.41) is 0. The van der Waals surface area contributed by atoms with E-state index in [1.807, 2.05) is 0 Å². The average Bonchev–Trinajstić information content (AvgIpc) is 2.66. The topological polar surface area (TPSA) is 29.3 Å². The molecule has 100 valence electrons. The third kappa shape index (κ3) is 2.15. The second-order valence-corrected chi connectivity index (χ2v) is 6.81. The third-order valence-corrected chi connectivity index (χ3v) is 5.69. The molecule has 0 radical (unpaired) electrons. The minimum absolute atomic E-state index is 0.308. The van der Waals surface area contributed by atoms with Crippen molar-refractivity contribution in [2.24, 2.45) is 23.5 Å². The summed E-state index contributed by atoms with van der Waals surface area (Å²) in [5.74, 6) is 2.42. The van der Waals surface area contributed by atoms with Gasteiger partial charge in [-0.15, -0.1) is 0 Å². The van der Waals surface area contributed by atoms with Gasteiger partial charge in [0, 0.05) is 24.7 Å². The number of piperidine rings is 1. The van der Waals surface area contributed by atoms with Crippen molar-refractivity contribution in [3.05, 3.63) is 0 Å². The second kappa shape index (κ2) is 4.89. The van der Waals surface area contributed by atoms with E-state index in [9.17, 15) is 0 Å². The lowest BCUT2D eigenvalue weighted by atomic mass is 9.78. The highest BCUT2D eigenvalue weighted by Crippen LogP contribution is 2.44. The van der Waals surface area contributed by atoms with Gasteiger partial charge in [0.25, 0.3) is 0 Å². The highest BCUT2D eigenvalue weighted by molar-refractivity contribution is 5.03. The number of hydrogen-bond donors (Lipinski definition) is 1. The van der Waals surface area contributed by atoms with Crippen LogP contribution in [-0.4, -0.2) is 29.6 Å². The molecule has 1 aliphatic heterocycles. The summed E-state index contributed by atoms with van der Waals surface area (Å²) < 4.78 is 0. The fourth-order valence-corrected chi connectivity index (χ4v) is 4.38. The molecule has 1 saturated heterocycles. The molecule has 2 fully saturated rings. The Hall–Kier alpha value is -0.0800. The van der Waals surface area contributed by atoms with Gasteiger partial charge in [0.2, 0.25) is 0 Å². The Morgan fingerprint density at radius 3 is 2.47 bits per heavy atom. The van der Waals surface area contributed by atoms with Crippen molar-refractivity contribution in [3.63, 3.8) is 0 Å². The average molecular weight is 238 g/mol. The van der Waals surface area contributed by atoms with Crippen LogP contribution in [0.5, 0.6) is 0 Å². The summed E-state index contributed by atoms with van der Waals surface area (Å²) in [6.07, 6.45) is 5.43. The van der Waals surface area contributed by atoms with Gasteiger partial charge in [-0.25, -0.2) is 0 Å². The molecule has 5 atom stereocenters. The van der Waals surface area contributed by atoms with Gasteiger partial charge >= 0.3 is 0 Å². The van der Waals surface area contributed by atoms with Crippen LogP contribution in [0, 0.1) is 17.8 Å². The molecule has 1 aliphatic carbocycles. The molecular formula is C15H30N2. The lowest BCUT2D eigenvalue weighted by Crippen LogP contribution is -2.62. The summed E-state index contributed by atoms with van der Waals surface area (Å²) in [6, 6.07) is 0.704. The zero-order valence-electron chi connectivity index (χ0n) is 12.1. The Morgan fingerprint density at radius 2 is 1.94 bits per heavy atom. The van der Waals surface area contributed by atoms with E-state index in [2.05, 4.69) is 32.6 Å². The molecule has 1 heterocycles. The van der Waals surface area contributed by atoms with E-state index in [0.29, 0.717) is 11.6 Å². The lowest BCUT2D eigenvalue weighted by molar-refractivity contribution is -0.0326. The standard InChI is InChI=1S/C15H30N2/c1-11-8-12(2)14(4)17(9-11)15(10-16)7-5-6-13(15)3/h11-14H,5-10,16H2,1-4H3.